The minimum atomic E-state index is 0.668. The van der Waals surface area contributed by atoms with Crippen LogP contribution in [0.4, 0.5) is 5.69 Å². The third kappa shape index (κ3) is 3.01. The molecule has 1 heterocycles. The zero-order valence-corrected chi connectivity index (χ0v) is 12.1. The molecule has 4 heteroatoms. The first-order valence-electron chi connectivity index (χ1n) is 5.22. The van der Waals surface area contributed by atoms with Gasteiger partial charge in [-0.15, -0.1) is 0 Å². The van der Waals surface area contributed by atoms with Gasteiger partial charge in [0.05, 0.1) is 16.4 Å². The maximum atomic E-state index is 5.66. The summed E-state index contributed by atoms with van der Waals surface area (Å²) in [5.41, 5.74) is 8.93. The highest BCUT2D eigenvalue weighted by atomic mass is 79.9. The predicted octanol–water partition coefficient (Wildman–Crippen LogP) is 4.19. The van der Waals surface area contributed by atoms with E-state index in [2.05, 4.69) is 53.0 Å². The van der Waals surface area contributed by atoms with E-state index in [1.165, 1.54) is 16.0 Å². The SMILES string of the molecule is Cc1ccc(Sc2ncc(N)cc2Br)cc1C. The summed E-state index contributed by atoms with van der Waals surface area (Å²) in [5.74, 6) is 0. The Bertz CT molecular complexity index is 555. The van der Waals surface area contributed by atoms with Crippen molar-refractivity contribution >= 4 is 33.4 Å². The van der Waals surface area contributed by atoms with Gasteiger partial charge in [-0.25, -0.2) is 4.98 Å². The number of aromatic nitrogens is 1. The van der Waals surface area contributed by atoms with Crippen LogP contribution in [0.2, 0.25) is 0 Å². The van der Waals surface area contributed by atoms with Crippen molar-refractivity contribution in [3.8, 4) is 0 Å². The van der Waals surface area contributed by atoms with Gasteiger partial charge in [0, 0.05) is 4.90 Å². The molecule has 88 valence electrons. The molecule has 0 fully saturated rings. The van der Waals surface area contributed by atoms with E-state index in [1.54, 1.807) is 18.0 Å². The molecule has 1 aromatic carbocycles. The molecule has 0 amide bonds. The minimum Gasteiger partial charge on any atom is -0.397 e. The fourth-order valence-corrected chi connectivity index (χ4v) is 2.87. The summed E-state index contributed by atoms with van der Waals surface area (Å²) in [7, 11) is 0. The van der Waals surface area contributed by atoms with Crippen molar-refractivity contribution in [2.75, 3.05) is 5.73 Å². The number of nitrogens with zero attached hydrogens (tertiary/aromatic N) is 1. The lowest BCUT2D eigenvalue weighted by Gasteiger charge is -2.06. The van der Waals surface area contributed by atoms with Crippen molar-refractivity contribution in [2.24, 2.45) is 0 Å². The summed E-state index contributed by atoms with van der Waals surface area (Å²) < 4.78 is 0.931. The molecule has 17 heavy (non-hydrogen) atoms. The number of benzene rings is 1. The second kappa shape index (κ2) is 5.10. The molecule has 0 aliphatic heterocycles. The van der Waals surface area contributed by atoms with E-state index in [9.17, 15) is 0 Å². The fourth-order valence-electron chi connectivity index (χ4n) is 1.40. The number of nitrogen functional groups attached to an aromatic ring is 1. The average Bonchev–Trinajstić information content (AvgIpc) is 2.27. The van der Waals surface area contributed by atoms with Crippen LogP contribution < -0.4 is 5.73 Å². The first-order chi connectivity index (χ1) is 8.06. The van der Waals surface area contributed by atoms with Crippen molar-refractivity contribution in [1.82, 2.24) is 4.98 Å². The summed E-state index contributed by atoms with van der Waals surface area (Å²) in [6.07, 6.45) is 1.67. The van der Waals surface area contributed by atoms with Gasteiger partial charge in [0.1, 0.15) is 5.03 Å². The van der Waals surface area contributed by atoms with E-state index in [4.69, 9.17) is 5.73 Å². The lowest BCUT2D eigenvalue weighted by molar-refractivity contribution is 1.11. The van der Waals surface area contributed by atoms with Crippen LogP contribution in [-0.4, -0.2) is 4.98 Å². The molecule has 2 rings (SSSR count). The summed E-state index contributed by atoms with van der Waals surface area (Å²) >= 11 is 5.11. The van der Waals surface area contributed by atoms with Crippen LogP contribution in [0.5, 0.6) is 0 Å². The van der Waals surface area contributed by atoms with Crippen LogP contribution in [0.15, 0.2) is 44.9 Å². The molecule has 0 aliphatic rings. The Balaban J connectivity index is 2.28. The lowest BCUT2D eigenvalue weighted by atomic mass is 10.1. The van der Waals surface area contributed by atoms with Crippen LogP contribution in [-0.2, 0) is 0 Å². The Kier molecular flexibility index (Phi) is 3.74. The largest absolute Gasteiger partial charge is 0.397 e. The molecular weight excluding hydrogens is 296 g/mol. The number of pyridine rings is 1. The quantitative estimate of drug-likeness (QED) is 0.904. The van der Waals surface area contributed by atoms with Crippen LogP contribution in [0.3, 0.4) is 0 Å². The van der Waals surface area contributed by atoms with Gasteiger partial charge in [0.15, 0.2) is 0 Å². The van der Waals surface area contributed by atoms with Crippen LogP contribution in [0.25, 0.3) is 0 Å². The van der Waals surface area contributed by atoms with Crippen molar-refractivity contribution < 1.29 is 0 Å². The van der Waals surface area contributed by atoms with Gasteiger partial charge < -0.3 is 5.73 Å². The molecule has 2 N–H and O–H groups in total. The van der Waals surface area contributed by atoms with Gasteiger partial charge >= 0.3 is 0 Å². The monoisotopic (exact) mass is 308 g/mol. The molecular formula is C13H13BrN2S. The average molecular weight is 309 g/mol. The predicted molar refractivity (Wildman–Crippen MR) is 76.4 cm³/mol. The Morgan fingerprint density at radius 3 is 2.59 bits per heavy atom. The number of rotatable bonds is 2. The normalized spacial score (nSPS) is 10.5. The van der Waals surface area contributed by atoms with E-state index < -0.39 is 0 Å². The minimum absolute atomic E-state index is 0.668. The lowest BCUT2D eigenvalue weighted by Crippen LogP contribution is -1.89. The van der Waals surface area contributed by atoms with Gasteiger partial charge in [0.25, 0.3) is 0 Å². The van der Waals surface area contributed by atoms with E-state index in [-0.39, 0.29) is 0 Å². The Morgan fingerprint density at radius 2 is 1.94 bits per heavy atom. The highest BCUT2D eigenvalue weighted by Gasteiger charge is 2.05. The Morgan fingerprint density at radius 1 is 1.18 bits per heavy atom. The first-order valence-corrected chi connectivity index (χ1v) is 6.83. The van der Waals surface area contributed by atoms with Gasteiger partial charge in [-0.1, -0.05) is 17.8 Å². The number of hydrogen-bond donors (Lipinski definition) is 1. The number of aryl methyl sites for hydroxylation is 2. The standard InChI is InChI=1S/C13H13BrN2S/c1-8-3-4-11(5-9(8)2)17-13-12(14)6-10(15)7-16-13/h3-7H,15H2,1-2H3. The molecule has 0 saturated carbocycles. The van der Waals surface area contributed by atoms with Crippen molar-refractivity contribution in [3.63, 3.8) is 0 Å². The van der Waals surface area contributed by atoms with Crippen LogP contribution in [0, 0.1) is 13.8 Å². The van der Waals surface area contributed by atoms with Crippen molar-refractivity contribution in [2.45, 2.75) is 23.8 Å². The molecule has 0 saturated heterocycles. The van der Waals surface area contributed by atoms with Crippen molar-refractivity contribution in [1.29, 1.82) is 0 Å². The molecule has 0 aliphatic carbocycles. The number of hydrogen-bond acceptors (Lipinski definition) is 3. The van der Waals surface area contributed by atoms with Gasteiger partial charge in [0.2, 0.25) is 0 Å². The van der Waals surface area contributed by atoms with Crippen LogP contribution >= 0.6 is 27.7 Å². The topological polar surface area (TPSA) is 38.9 Å². The van der Waals surface area contributed by atoms with Crippen molar-refractivity contribution in [3.05, 3.63) is 46.1 Å². The maximum absolute atomic E-state index is 5.66. The van der Waals surface area contributed by atoms with E-state index in [0.717, 1.165) is 9.50 Å². The molecule has 0 spiro atoms. The molecule has 2 nitrogen and oxygen atoms in total. The Labute approximate surface area is 114 Å². The summed E-state index contributed by atoms with van der Waals surface area (Å²) in [6.45, 7) is 4.23. The highest BCUT2D eigenvalue weighted by Crippen LogP contribution is 2.33. The zero-order valence-electron chi connectivity index (χ0n) is 9.70. The van der Waals surface area contributed by atoms with E-state index in [0.29, 0.717) is 5.69 Å². The highest BCUT2D eigenvalue weighted by molar-refractivity contribution is 9.10. The van der Waals surface area contributed by atoms with Gasteiger partial charge in [-0.2, -0.15) is 0 Å². The summed E-state index contributed by atoms with van der Waals surface area (Å²) in [5, 5.41) is 0.933. The summed E-state index contributed by atoms with van der Waals surface area (Å²) in [4.78, 5) is 5.50. The van der Waals surface area contributed by atoms with Gasteiger partial charge in [-0.3, -0.25) is 0 Å². The first kappa shape index (κ1) is 12.5. The fraction of sp³-hybridized carbons (Fsp3) is 0.154. The molecule has 0 atom stereocenters. The van der Waals surface area contributed by atoms with E-state index in [1.807, 2.05) is 6.07 Å². The molecule has 2 aromatic rings. The second-order valence-electron chi connectivity index (χ2n) is 3.90. The maximum Gasteiger partial charge on any atom is 0.115 e. The summed E-state index contributed by atoms with van der Waals surface area (Å²) in [6, 6.07) is 8.28. The zero-order chi connectivity index (χ0) is 12.4. The second-order valence-corrected chi connectivity index (χ2v) is 5.82. The Hall–Kier alpha value is -1.000. The number of halogens is 1. The number of nitrogens with two attached hydrogens (primary N) is 1. The molecule has 0 radical (unpaired) electrons. The smallest absolute Gasteiger partial charge is 0.115 e. The molecule has 0 unspecified atom stereocenters. The number of anilines is 1. The molecule has 1 aromatic heterocycles. The third-order valence-corrected chi connectivity index (χ3v) is 4.40. The van der Waals surface area contributed by atoms with E-state index >= 15 is 0 Å². The molecule has 0 bridgehead atoms. The van der Waals surface area contributed by atoms with Crippen LogP contribution in [0.1, 0.15) is 11.1 Å². The van der Waals surface area contributed by atoms with Gasteiger partial charge in [-0.05, 0) is 59.1 Å². The third-order valence-electron chi connectivity index (χ3n) is 2.52.